The van der Waals surface area contributed by atoms with Crippen LogP contribution in [-0.2, 0) is 7.05 Å². The van der Waals surface area contributed by atoms with Crippen LogP contribution in [-0.4, -0.2) is 22.7 Å². The number of aromatic nitrogens is 2. The molecule has 108 valence electrons. The molecule has 1 N–H and O–H groups in total. The normalized spacial score (nSPS) is 12.7. The molecule has 0 aliphatic heterocycles. The van der Waals surface area contributed by atoms with Crippen molar-refractivity contribution in [3.05, 3.63) is 48.0 Å². The number of halogens is 2. The van der Waals surface area contributed by atoms with E-state index >= 15 is 0 Å². The van der Waals surface area contributed by atoms with E-state index in [1.807, 2.05) is 24.7 Å². The van der Waals surface area contributed by atoms with Crippen molar-refractivity contribution in [2.75, 3.05) is 6.54 Å². The molecule has 4 nitrogen and oxygen atoms in total. The van der Waals surface area contributed by atoms with E-state index in [2.05, 4.69) is 15.0 Å². The van der Waals surface area contributed by atoms with Crippen LogP contribution in [0.25, 0.3) is 0 Å². The van der Waals surface area contributed by atoms with E-state index in [9.17, 15) is 8.78 Å². The summed E-state index contributed by atoms with van der Waals surface area (Å²) in [6.07, 6.45) is 3.49. The fourth-order valence-corrected chi connectivity index (χ4v) is 2.12. The first-order chi connectivity index (χ1) is 9.63. The van der Waals surface area contributed by atoms with Gasteiger partial charge in [-0.3, -0.25) is 0 Å². The van der Waals surface area contributed by atoms with Gasteiger partial charge in [0.25, 0.3) is 0 Å². The molecule has 20 heavy (non-hydrogen) atoms. The van der Waals surface area contributed by atoms with Crippen molar-refractivity contribution >= 4 is 0 Å². The van der Waals surface area contributed by atoms with Gasteiger partial charge in [0.2, 0.25) is 0 Å². The highest BCUT2D eigenvalue weighted by molar-refractivity contribution is 5.39. The fourth-order valence-electron chi connectivity index (χ4n) is 2.12. The Labute approximate surface area is 116 Å². The summed E-state index contributed by atoms with van der Waals surface area (Å²) < 4.78 is 31.5. The van der Waals surface area contributed by atoms with Crippen LogP contribution < -0.4 is 10.1 Å². The zero-order chi connectivity index (χ0) is 14.5. The molecule has 0 aliphatic carbocycles. The van der Waals surface area contributed by atoms with Crippen LogP contribution in [0.4, 0.5) is 8.78 Å². The number of hydrogen-bond acceptors (Lipinski definition) is 3. The quantitative estimate of drug-likeness (QED) is 0.885. The number of hydrogen-bond donors (Lipinski definition) is 1. The first kappa shape index (κ1) is 14.5. The molecule has 1 aromatic carbocycles. The molecule has 1 unspecified atom stereocenters. The number of nitrogens with zero attached hydrogens (tertiary/aromatic N) is 2. The smallest absolute Gasteiger partial charge is 0.387 e. The summed E-state index contributed by atoms with van der Waals surface area (Å²) in [6.45, 7) is -0.215. The molecule has 1 atom stereocenters. The zero-order valence-electron chi connectivity index (χ0n) is 11.4. The Kier molecular flexibility index (Phi) is 4.68. The number of ether oxygens (including phenoxy) is 1. The Morgan fingerprint density at radius 2 is 2.10 bits per heavy atom. The van der Waals surface area contributed by atoms with Gasteiger partial charge >= 0.3 is 6.61 Å². The van der Waals surface area contributed by atoms with Crippen LogP contribution in [0.1, 0.15) is 24.4 Å². The van der Waals surface area contributed by atoms with Crippen LogP contribution in [0.2, 0.25) is 0 Å². The number of aryl methyl sites for hydroxylation is 1. The molecule has 2 rings (SSSR count). The summed E-state index contributed by atoms with van der Waals surface area (Å²) in [4.78, 5) is 4.29. The van der Waals surface area contributed by atoms with Crippen molar-refractivity contribution in [1.82, 2.24) is 14.9 Å². The molecule has 2 aromatic rings. The minimum atomic E-state index is -2.85. The number of alkyl halides is 2. The summed E-state index contributed by atoms with van der Waals surface area (Å²) in [5.74, 6) is 0.911. The molecule has 0 amide bonds. The maximum atomic E-state index is 12.5. The topological polar surface area (TPSA) is 39.1 Å². The molecule has 1 heterocycles. The van der Waals surface area contributed by atoms with Gasteiger partial charge in [0.15, 0.2) is 0 Å². The van der Waals surface area contributed by atoms with Crippen molar-refractivity contribution in [2.24, 2.45) is 7.05 Å². The van der Waals surface area contributed by atoms with Gasteiger partial charge in [0, 0.05) is 25.0 Å². The Morgan fingerprint density at radius 3 is 2.70 bits per heavy atom. The minimum Gasteiger partial charge on any atom is -0.434 e. The number of benzene rings is 1. The van der Waals surface area contributed by atoms with E-state index in [4.69, 9.17) is 0 Å². The van der Waals surface area contributed by atoms with E-state index in [0.29, 0.717) is 12.1 Å². The lowest BCUT2D eigenvalue weighted by Crippen LogP contribution is -2.25. The summed E-state index contributed by atoms with van der Waals surface area (Å²) >= 11 is 0. The maximum absolute atomic E-state index is 12.5. The van der Waals surface area contributed by atoms with Crippen LogP contribution in [0, 0.1) is 0 Å². The van der Waals surface area contributed by atoms with Crippen LogP contribution in [0.3, 0.4) is 0 Å². The third kappa shape index (κ3) is 3.14. The summed E-state index contributed by atoms with van der Waals surface area (Å²) in [6, 6.07) is 6.47. The Hall–Kier alpha value is -1.95. The third-order valence-electron chi connectivity index (χ3n) is 2.97. The lowest BCUT2D eigenvalue weighted by atomic mass is 10.0. The summed E-state index contributed by atoms with van der Waals surface area (Å²) in [7, 11) is 1.86. The number of nitrogens with one attached hydrogen (secondary N) is 1. The molecule has 1 aromatic heterocycles. The predicted molar refractivity (Wildman–Crippen MR) is 71.8 cm³/mol. The highest BCUT2D eigenvalue weighted by atomic mass is 19.3. The SMILES string of the molecule is CCNC(c1ccccc1OC(F)F)c1nccn1C. The van der Waals surface area contributed by atoms with Gasteiger partial charge in [-0.05, 0) is 12.6 Å². The van der Waals surface area contributed by atoms with E-state index in [-0.39, 0.29) is 11.8 Å². The second kappa shape index (κ2) is 6.47. The molecule has 0 saturated heterocycles. The third-order valence-corrected chi connectivity index (χ3v) is 2.97. The van der Waals surface area contributed by atoms with Gasteiger partial charge in [0.05, 0.1) is 6.04 Å². The van der Waals surface area contributed by atoms with E-state index in [1.54, 1.807) is 24.4 Å². The molecular formula is C14H17F2N3O. The Balaban J connectivity index is 2.42. The van der Waals surface area contributed by atoms with Crippen LogP contribution in [0.15, 0.2) is 36.7 Å². The van der Waals surface area contributed by atoms with Crippen molar-refractivity contribution in [1.29, 1.82) is 0 Å². The number of imidazole rings is 1. The zero-order valence-corrected chi connectivity index (χ0v) is 11.4. The van der Waals surface area contributed by atoms with Crippen molar-refractivity contribution in [2.45, 2.75) is 19.6 Å². The molecule has 0 fully saturated rings. The van der Waals surface area contributed by atoms with E-state index in [1.165, 1.54) is 6.07 Å². The second-order valence-corrected chi connectivity index (χ2v) is 4.30. The average molecular weight is 281 g/mol. The minimum absolute atomic E-state index is 0.163. The molecule has 6 heteroatoms. The fraction of sp³-hybridized carbons (Fsp3) is 0.357. The van der Waals surface area contributed by atoms with Gasteiger partial charge in [-0.15, -0.1) is 0 Å². The van der Waals surface area contributed by atoms with Crippen molar-refractivity contribution < 1.29 is 13.5 Å². The predicted octanol–water partition coefficient (Wildman–Crippen LogP) is 2.72. The molecule has 0 radical (unpaired) electrons. The van der Waals surface area contributed by atoms with Crippen LogP contribution >= 0.6 is 0 Å². The lowest BCUT2D eigenvalue weighted by molar-refractivity contribution is -0.0506. The number of rotatable bonds is 6. The lowest BCUT2D eigenvalue weighted by Gasteiger charge is -2.21. The van der Waals surface area contributed by atoms with Crippen LogP contribution in [0.5, 0.6) is 5.75 Å². The second-order valence-electron chi connectivity index (χ2n) is 4.30. The summed E-state index contributed by atoms with van der Waals surface area (Å²) in [5.41, 5.74) is 0.643. The van der Waals surface area contributed by atoms with Gasteiger partial charge < -0.3 is 14.6 Å². The first-order valence-corrected chi connectivity index (χ1v) is 6.37. The van der Waals surface area contributed by atoms with Gasteiger partial charge in [-0.25, -0.2) is 4.98 Å². The van der Waals surface area contributed by atoms with E-state index < -0.39 is 6.61 Å². The van der Waals surface area contributed by atoms with Gasteiger partial charge in [0.1, 0.15) is 11.6 Å². The Bertz CT molecular complexity index is 557. The highest BCUT2D eigenvalue weighted by Crippen LogP contribution is 2.30. The molecule has 0 spiro atoms. The van der Waals surface area contributed by atoms with Gasteiger partial charge in [-0.2, -0.15) is 8.78 Å². The molecule has 0 aliphatic rings. The average Bonchev–Trinajstić information content (AvgIpc) is 2.82. The highest BCUT2D eigenvalue weighted by Gasteiger charge is 2.22. The molecular weight excluding hydrogens is 264 g/mol. The first-order valence-electron chi connectivity index (χ1n) is 6.37. The Morgan fingerprint density at radius 1 is 1.35 bits per heavy atom. The maximum Gasteiger partial charge on any atom is 0.387 e. The summed E-state index contributed by atoms with van der Waals surface area (Å²) in [5, 5.41) is 3.25. The molecule has 0 bridgehead atoms. The largest absolute Gasteiger partial charge is 0.434 e. The van der Waals surface area contributed by atoms with E-state index in [0.717, 1.165) is 5.82 Å². The standard InChI is InChI=1S/C14H17F2N3O/c1-3-17-12(13-18-8-9-19(13)2)10-6-4-5-7-11(10)20-14(15)16/h4-9,12,14,17H,3H2,1-2H3. The monoisotopic (exact) mass is 281 g/mol. The number of para-hydroxylation sites is 1. The molecule has 0 saturated carbocycles. The van der Waals surface area contributed by atoms with Crippen molar-refractivity contribution in [3.8, 4) is 5.75 Å². The van der Waals surface area contributed by atoms with Crippen molar-refractivity contribution in [3.63, 3.8) is 0 Å². The van der Waals surface area contributed by atoms with Gasteiger partial charge in [-0.1, -0.05) is 25.1 Å².